The van der Waals surface area contributed by atoms with Crippen LogP contribution in [0.25, 0.3) is 0 Å². The number of nitriles is 1. The molecule has 2 aromatic rings. The van der Waals surface area contributed by atoms with Gasteiger partial charge in [0, 0.05) is 30.7 Å². The summed E-state index contributed by atoms with van der Waals surface area (Å²) in [5.41, 5.74) is 2.66. The summed E-state index contributed by atoms with van der Waals surface area (Å²) in [4.78, 5) is 0. The fraction of sp³-hybridized carbons (Fsp3) is 0.444. The second-order valence-corrected chi connectivity index (χ2v) is 7.37. The smallest absolute Gasteiger partial charge is 0.162 e. The third-order valence-electron chi connectivity index (χ3n) is 4.73. The predicted octanol–water partition coefficient (Wildman–Crippen LogP) is 4.15. The van der Waals surface area contributed by atoms with Gasteiger partial charge in [-0.05, 0) is 37.4 Å². The molecule has 132 valence electrons. The molecule has 0 radical (unpaired) electrons. The van der Waals surface area contributed by atoms with Crippen LogP contribution in [0.3, 0.4) is 0 Å². The monoisotopic (exact) mass is 377 g/mol. The topological polar surface area (TPSA) is 67.2 Å². The highest BCUT2D eigenvalue weighted by Crippen LogP contribution is 2.41. The van der Waals surface area contributed by atoms with Gasteiger partial charge in [-0.2, -0.15) is 9.64 Å². The molecular formula is C18H20ClN3O2S. The number of benzene rings is 1. The minimum absolute atomic E-state index is 0.126. The van der Waals surface area contributed by atoms with Crippen LogP contribution in [0.1, 0.15) is 29.5 Å². The van der Waals surface area contributed by atoms with Gasteiger partial charge in [0.15, 0.2) is 5.15 Å². The highest BCUT2D eigenvalue weighted by molar-refractivity contribution is 7.10. The molecule has 1 N–H and O–H groups in total. The Morgan fingerprint density at radius 3 is 2.88 bits per heavy atom. The number of anilines is 1. The van der Waals surface area contributed by atoms with Gasteiger partial charge in [-0.1, -0.05) is 29.3 Å². The van der Waals surface area contributed by atoms with Crippen LogP contribution in [-0.4, -0.2) is 31.2 Å². The second kappa shape index (κ2) is 7.61. The van der Waals surface area contributed by atoms with Crippen LogP contribution in [0.2, 0.25) is 5.15 Å². The minimum atomic E-state index is -0.126. The Morgan fingerprint density at radius 2 is 2.20 bits per heavy atom. The van der Waals surface area contributed by atoms with Crippen LogP contribution < -0.4 is 10.1 Å². The predicted molar refractivity (Wildman–Crippen MR) is 99.8 cm³/mol. The van der Waals surface area contributed by atoms with Crippen LogP contribution in [0.4, 0.5) is 5.00 Å². The molecule has 1 aromatic carbocycles. The lowest BCUT2D eigenvalue weighted by Crippen LogP contribution is -2.40. The van der Waals surface area contributed by atoms with Crippen molar-refractivity contribution in [3.63, 3.8) is 0 Å². The van der Waals surface area contributed by atoms with Gasteiger partial charge in [0.1, 0.15) is 22.4 Å². The van der Waals surface area contributed by atoms with Gasteiger partial charge >= 0.3 is 0 Å². The first-order valence-corrected chi connectivity index (χ1v) is 9.27. The number of methoxy groups -OCH3 is 1. The first-order valence-electron chi connectivity index (χ1n) is 8.11. The maximum Gasteiger partial charge on any atom is 0.162 e. The number of aromatic nitrogens is 1. The molecule has 3 rings (SSSR count). The lowest BCUT2D eigenvalue weighted by Gasteiger charge is -2.39. The van der Waals surface area contributed by atoms with E-state index in [-0.39, 0.29) is 10.6 Å². The average Bonchev–Trinajstić information content (AvgIpc) is 3.00. The number of nitrogens with zero attached hydrogens (tertiary/aromatic N) is 2. The molecule has 1 aromatic heterocycles. The first-order chi connectivity index (χ1) is 12.1. The summed E-state index contributed by atoms with van der Waals surface area (Å²) in [6, 6.07) is 8.39. The molecule has 0 unspecified atom stereocenters. The Hall–Kier alpha value is -1.81. The van der Waals surface area contributed by atoms with E-state index in [1.807, 2.05) is 6.07 Å². The zero-order valence-electron chi connectivity index (χ0n) is 14.3. The van der Waals surface area contributed by atoms with E-state index in [4.69, 9.17) is 21.1 Å². The molecule has 1 aliphatic heterocycles. The molecule has 1 saturated heterocycles. The van der Waals surface area contributed by atoms with Crippen molar-refractivity contribution in [2.24, 2.45) is 0 Å². The maximum absolute atomic E-state index is 9.28. The zero-order chi connectivity index (χ0) is 17.9. The Morgan fingerprint density at radius 1 is 1.44 bits per heavy atom. The van der Waals surface area contributed by atoms with Gasteiger partial charge in [0.05, 0.1) is 7.11 Å². The normalized spacial score (nSPS) is 16.2. The molecule has 7 heteroatoms. The largest absolute Gasteiger partial charge is 0.496 e. The average molecular weight is 378 g/mol. The maximum atomic E-state index is 9.28. The zero-order valence-corrected chi connectivity index (χ0v) is 15.8. The van der Waals surface area contributed by atoms with Crippen molar-refractivity contribution in [3.05, 3.63) is 40.0 Å². The van der Waals surface area contributed by atoms with Gasteiger partial charge in [-0.25, -0.2) is 0 Å². The van der Waals surface area contributed by atoms with Gasteiger partial charge in [-0.15, -0.1) is 0 Å². The van der Waals surface area contributed by atoms with E-state index in [2.05, 4.69) is 34.8 Å². The van der Waals surface area contributed by atoms with Gasteiger partial charge < -0.3 is 14.8 Å². The third-order valence-corrected chi connectivity index (χ3v) is 5.90. The van der Waals surface area contributed by atoms with E-state index in [9.17, 15) is 5.26 Å². The van der Waals surface area contributed by atoms with Crippen molar-refractivity contribution < 1.29 is 9.47 Å². The standard InChI is InChI=1S/C18H20ClN3O2S/c1-12-3-4-15(23-2)14(9-12)18(5-7-24-8-6-18)11-21-17-13(10-20)16(19)22-25-17/h3-4,9,21H,5-8,11H2,1-2H3. The van der Waals surface area contributed by atoms with Crippen molar-refractivity contribution >= 4 is 28.1 Å². The number of hydrogen-bond donors (Lipinski definition) is 1. The molecule has 0 saturated carbocycles. The van der Waals surface area contributed by atoms with E-state index in [0.29, 0.717) is 30.3 Å². The molecule has 0 bridgehead atoms. The molecule has 1 fully saturated rings. The highest BCUT2D eigenvalue weighted by Gasteiger charge is 2.37. The molecule has 1 aliphatic rings. The molecule has 0 spiro atoms. The molecule has 5 nitrogen and oxygen atoms in total. The second-order valence-electron chi connectivity index (χ2n) is 6.24. The fourth-order valence-electron chi connectivity index (χ4n) is 3.28. The van der Waals surface area contributed by atoms with E-state index in [0.717, 1.165) is 18.6 Å². The summed E-state index contributed by atoms with van der Waals surface area (Å²) in [5.74, 6) is 0.886. The summed E-state index contributed by atoms with van der Waals surface area (Å²) in [5, 5.41) is 13.6. The summed E-state index contributed by atoms with van der Waals surface area (Å²) in [7, 11) is 1.70. The molecule has 25 heavy (non-hydrogen) atoms. The van der Waals surface area contributed by atoms with Crippen LogP contribution >= 0.6 is 23.1 Å². The lowest BCUT2D eigenvalue weighted by atomic mass is 9.73. The van der Waals surface area contributed by atoms with Crippen molar-refractivity contribution in [1.82, 2.24) is 4.37 Å². The number of nitrogens with one attached hydrogen (secondary N) is 1. The number of halogens is 1. The fourth-order valence-corrected chi connectivity index (χ4v) is 4.21. The number of rotatable bonds is 5. The van der Waals surface area contributed by atoms with Crippen molar-refractivity contribution in [2.45, 2.75) is 25.2 Å². The Kier molecular flexibility index (Phi) is 5.48. The number of ether oxygens (including phenoxy) is 2. The van der Waals surface area contributed by atoms with Crippen molar-refractivity contribution in [3.8, 4) is 11.8 Å². The minimum Gasteiger partial charge on any atom is -0.496 e. The lowest BCUT2D eigenvalue weighted by molar-refractivity contribution is 0.0536. The van der Waals surface area contributed by atoms with Crippen LogP contribution in [0.5, 0.6) is 5.75 Å². The van der Waals surface area contributed by atoms with Gasteiger partial charge in [0.2, 0.25) is 0 Å². The number of hydrogen-bond acceptors (Lipinski definition) is 6. The molecule has 0 atom stereocenters. The van der Waals surface area contributed by atoms with Crippen LogP contribution in [0, 0.1) is 18.3 Å². The van der Waals surface area contributed by atoms with E-state index < -0.39 is 0 Å². The van der Waals surface area contributed by atoms with Crippen molar-refractivity contribution in [2.75, 3.05) is 32.2 Å². The van der Waals surface area contributed by atoms with Crippen LogP contribution in [-0.2, 0) is 10.2 Å². The Balaban J connectivity index is 1.94. The highest BCUT2D eigenvalue weighted by atomic mass is 35.5. The summed E-state index contributed by atoms with van der Waals surface area (Å²) in [6.07, 6.45) is 1.77. The quantitative estimate of drug-likeness (QED) is 0.847. The van der Waals surface area contributed by atoms with E-state index in [1.54, 1.807) is 7.11 Å². The summed E-state index contributed by atoms with van der Waals surface area (Å²) >= 11 is 7.20. The first kappa shape index (κ1) is 18.0. The summed E-state index contributed by atoms with van der Waals surface area (Å²) < 4.78 is 15.3. The molecule has 0 amide bonds. The molecule has 0 aliphatic carbocycles. The molecule has 2 heterocycles. The van der Waals surface area contributed by atoms with Gasteiger partial charge in [-0.3, -0.25) is 0 Å². The van der Waals surface area contributed by atoms with E-state index in [1.165, 1.54) is 22.7 Å². The Labute approximate surface area is 156 Å². The SMILES string of the molecule is COc1ccc(C)cc1C1(CNc2snc(Cl)c2C#N)CCOCC1. The van der Waals surface area contributed by atoms with Crippen molar-refractivity contribution in [1.29, 1.82) is 5.26 Å². The Bertz CT molecular complexity index is 794. The van der Waals surface area contributed by atoms with Crippen LogP contribution in [0.15, 0.2) is 18.2 Å². The summed E-state index contributed by atoms with van der Waals surface area (Å²) in [6.45, 7) is 4.16. The molecular weight excluding hydrogens is 358 g/mol. The van der Waals surface area contributed by atoms with Gasteiger partial charge in [0.25, 0.3) is 0 Å². The van der Waals surface area contributed by atoms with E-state index >= 15 is 0 Å². The third kappa shape index (κ3) is 3.59. The number of aryl methyl sites for hydroxylation is 1.